The van der Waals surface area contributed by atoms with Crippen molar-refractivity contribution in [1.29, 1.82) is 0 Å². The Hall–Kier alpha value is -0.130. The van der Waals surface area contributed by atoms with Crippen LogP contribution in [0.25, 0.3) is 0 Å². The predicted octanol–water partition coefficient (Wildman–Crippen LogP) is 1.17. The van der Waals surface area contributed by atoms with E-state index in [4.69, 9.17) is 0 Å². The van der Waals surface area contributed by atoms with E-state index in [0.29, 0.717) is 51.4 Å². The van der Waals surface area contributed by atoms with Gasteiger partial charge in [-0.05, 0) is 51.4 Å². The predicted molar refractivity (Wildman–Crippen MR) is 66.6 cm³/mol. The molecule has 0 radical (unpaired) electrons. The summed E-state index contributed by atoms with van der Waals surface area (Å²) < 4.78 is 22.8. The van der Waals surface area contributed by atoms with E-state index in [9.17, 15) is 18.6 Å². The van der Waals surface area contributed by atoms with E-state index in [2.05, 4.69) is 0 Å². The van der Waals surface area contributed by atoms with Gasteiger partial charge in [-0.15, -0.1) is 0 Å². The summed E-state index contributed by atoms with van der Waals surface area (Å²) in [4.78, 5) is 0. The van der Waals surface area contributed by atoms with Crippen molar-refractivity contribution in [3.8, 4) is 0 Å². The van der Waals surface area contributed by atoms with Crippen LogP contribution in [0.5, 0.6) is 0 Å². The highest BCUT2D eigenvalue weighted by molar-refractivity contribution is 7.92. The monoisotopic (exact) mass is 263 g/mol. The average Bonchev–Trinajstić information content (AvgIpc) is 2.30. The van der Waals surface area contributed by atoms with Gasteiger partial charge >= 0.3 is 0 Å². The molecular formula is C12H23O4S+. The van der Waals surface area contributed by atoms with Crippen molar-refractivity contribution < 1.29 is 18.6 Å². The summed E-state index contributed by atoms with van der Waals surface area (Å²) in [5.74, 6) is 0. The summed E-state index contributed by atoms with van der Waals surface area (Å²) in [6.45, 7) is 0. The molecule has 5 heteroatoms. The minimum atomic E-state index is -2.80. The summed E-state index contributed by atoms with van der Waals surface area (Å²) in [6, 6.07) is 0. The van der Waals surface area contributed by atoms with Crippen molar-refractivity contribution in [2.45, 2.75) is 74.1 Å². The Morgan fingerprint density at radius 3 is 1.35 bits per heavy atom. The molecule has 2 saturated carbocycles. The van der Waals surface area contributed by atoms with Gasteiger partial charge in [0.2, 0.25) is 0 Å². The highest BCUT2D eigenvalue weighted by atomic mass is 32.2. The molecule has 0 aromatic carbocycles. The van der Waals surface area contributed by atoms with Crippen LogP contribution in [0.15, 0.2) is 0 Å². The topological polar surface area (TPSA) is 78.9 Å². The van der Waals surface area contributed by atoms with E-state index < -0.39 is 9.84 Å². The molecule has 0 aromatic rings. The molecule has 2 rings (SSSR count). The zero-order valence-corrected chi connectivity index (χ0v) is 10.9. The van der Waals surface area contributed by atoms with Gasteiger partial charge in [0.1, 0.15) is 10.5 Å². The lowest BCUT2D eigenvalue weighted by atomic mass is 9.97. The summed E-state index contributed by atoms with van der Waals surface area (Å²) in [6.07, 6.45) is 4.68. The van der Waals surface area contributed by atoms with Crippen LogP contribution in [-0.2, 0) is 9.84 Å². The molecule has 0 spiro atoms. The van der Waals surface area contributed by atoms with Crippen LogP contribution >= 0.6 is 0 Å². The van der Waals surface area contributed by atoms with Gasteiger partial charge in [0, 0.05) is 0 Å². The van der Waals surface area contributed by atoms with E-state index >= 15 is 0 Å². The molecule has 0 aromatic heterocycles. The molecule has 0 bridgehead atoms. The Balaban J connectivity index is 1.98. The fourth-order valence-electron chi connectivity index (χ4n) is 3.04. The van der Waals surface area contributed by atoms with Gasteiger partial charge in [-0.25, -0.2) is 4.21 Å². The lowest BCUT2D eigenvalue weighted by Gasteiger charge is -2.29. The fraction of sp³-hybridized carbons (Fsp3) is 1.00. The zero-order chi connectivity index (χ0) is 12.5. The number of rotatable bonds is 2. The minimum absolute atomic E-state index is 0.147. The van der Waals surface area contributed by atoms with Gasteiger partial charge in [-0.3, -0.25) is 0 Å². The molecular weight excluding hydrogens is 240 g/mol. The van der Waals surface area contributed by atoms with Crippen LogP contribution in [0.1, 0.15) is 51.4 Å². The Kier molecular flexibility index (Phi) is 4.10. The smallest absolute Gasteiger partial charge is 0.279 e. The number of aliphatic hydroxyl groups is 2. The quantitative estimate of drug-likeness (QED) is 0.734. The van der Waals surface area contributed by atoms with Crippen LogP contribution in [-0.4, -0.2) is 41.3 Å². The maximum absolute atomic E-state index is 12.5. The highest BCUT2D eigenvalue weighted by Crippen LogP contribution is 2.32. The molecule has 0 heterocycles. The molecule has 0 unspecified atom stereocenters. The molecule has 2 aliphatic rings. The SMILES string of the molecule is O=S(=[OH+])(C1CCC(O)CC1)C1CCC(O)CC1. The second-order valence-corrected chi connectivity index (χ2v) is 8.04. The molecule has 3 N–H and O–H groups in total. The first-order valence-corrected chi connectivity index (χ1v) is 8.24. The van der Waals surface area contributed by atoms with Gasteiger partial charge in [-0.2, -0.15) is 4.21 Å². The molecule has 0 saturated heterocycles. The maximum atomic E-state index is 12.5. The Morgan fingerprint density at radius 1 is 0.765 bits per heavy atom. The first-order valence-electron chi connectivity index (χ1n) is 6.60. The fourth-order valence-corrected chi connectivity index (χ4v) is 5.48. The third-order valence-corrected chi connectivity index (χ3v) is 7.10. The standard InChI is InChI=1S/C12H22O4S/c13-9-1-5-11(6-2-9)17(15,16)12-7-3-10(14)4-8-12/h9-14H,1-8H2/p+1. The molecule has 0 atom stereocenters. The minimum Gasteiger partial charge on any atom is -0.393 e. The van der Waals surface area contributed by atoms with E-state index in [1.165, 1.54) is 0 Å². The van der Waals surface area contributed by atoms with Gasteiger partial charge in [-0.1, -0.05) is 0 Å². The van der Waals surface area contributed by atoms with Crippen molar-refractivity contribution in [2.24, 2.45) is 0 Å². The van der Waals surface area contributed by atoms with Crippen molar-refractivity contribution in [2.75, 3.05) is 0 Å². The lowest BCUT2D eigenvalue weighted by Crippen LogP contribution is -2.38. The van der Waals surface area contributed by atoms with Crippen molar-refractivity contribution in [3.63, 3.8) is 0 Å². The summed E-state index contributed by atoms with van der Waals surface area (Å²) in [5, 5.41) is 18.6. The van der Waals surface area contributed by atoms with Crippen LogP contribution in [0.3, 0.4) is 0 Å². The van der Waals surface area contributed by atoms with Crippen LogP contribution in [0, 0.1) is 0 Å². The van der Waals surface area contributed by atoms with Crippen molar-refractivity contribution >= 4 is 9.84 Å². The first kappa shape index (κ1) is 13.3. The van der Waals surface area contributed by atoms with Gasteiger partial charge in [0.05, 0.1) is 12.2 Å². The second kappa shape index (κ2) is 5.24. The second-order valence-electron chi connectivity index (χ2n) is 5.47. The summed E-state index contributed by atoms with van der Waals surface area (Å²) in [5.41, 5.74) is 0. The highest BCUT2D eigenvalue weighted by Gasteiger charge is 2.42. The summed E-state index contributed by atoms with van der Waals surface area (Å²) in [7, 11) is -2.80. The first-order chi connectivity index (χ1) is 8.00. The molecule has 17 heavy (non-hydrogen) atoms. The van der Waals surface area contributed by atoms with E-state index in [0.717, 1.165) is 0 Å². The molecule has 0 amide bonds. The van der Waals surface area contributed by atoms with Gasteiger partial charge < -0.3 is 10.2 Å². The molecule has 100 valence electrons. The number of aliphatic hydroxyl groups excluding tert-OH is 2. The van der Waals surface area contributed by atoms with E-state index in [1.54, 1.807) is 0 Å². The largest absolute Gasteiger partial charge is 0.393 e. The van der Waals surface area contributed by atoms with Crippen molar-refractivity contribution in [3.05, 3.63) is 0 Å². The Labute approximate surface area is 103 Å². The molecule has 0 aliphatic heterocycles. The average molecular weight is 263 g/mol. The third-order valence-electron chi connectivity index (χ3n) is 4.24. The van der Waals surface area contributed by atoms with Gasteiger partial charge in [0.15, 0.2) is 0 Å². The number of hydrogen-bond acceptors (Lipinski definition) is 3. The van der Waals surface area contributed by atoms with Crippen molar-refractivity contribution in [1.82, 2.24) is 0 Å². The Morgan fingerprint density at radius 2 is 1.06 bits per heavy atom. The normalized spacial score (nSPS) is 42.9. The van der Waals surface area contributed by atoms with Crippen LogP contribution < -0.4 is 0 Å². The number of hydrogen-bond donors (Lipinski definition) is 2. The Bertz CT molecular complexity index is 308. The molecule has 2 aliphatic carbocycles. The third kappa shape index (κ3) is 3.01. The van der Waals surface area contributed by atoms with Gasteiger partial charge in [0.25, 0.3) is 9.84 Å². The van der Waals surface area contributed by atoms with E-state index in [1.807, 2.05) is 0 Å². The summed E-state index contributed by atoms with van der Waals surface area (Å²) >= 11 is 0. The molecule has 4 nitrogen and oxygen atoms in total. The zero-order valence-electron chi connectivity index (χ0n) is 10.1. The van der Waals surface area contributed by atoms with Crippen LogP contribution in [0.2, 0.25) is 0 Å². The lowest BCUT2D eigenvalue weighted by molar-refractivity contribution is 0.127. The van der Waals surface area contributed by atoms with E-state index in [-0.39, 0.29) is 22.7 Å². The maximum Gasteiger partial charge on any atom is 0.279 e. The van der Waals surface area contributed by atoms with Crippen LogP contribution in [0.4, 0.5) is 0 Å². The molecule has 2 fully saturated rings.